The lowest BCUT2D eigenvalue weighted by atomic mass is 10.1. The van der Waals surface area contributed by atoms with Gasteiger partial charge >= 0.3 is 0 Å². The Bertz CT molecular complexity index is 744. The minimum absolute atomic E-state index is 0.0287. The molecule has 3 aromatic rings. The molecule has 2 N–H and O–H groups in total. The van der Waals surface area contributed by atoms with Crippen molar-refractivity contribution in [1.29, 1.82) is 0 Å². The molecule has 4 heteroatoms. The Morgan fingerprint density at radius 3 is 2.78 bits per heavy atom. The van der Waals surface area contributed by atoms with Crippen LogP contribution in [-0.4, -0.2) is 4.57 Å². The van der Waals surface area contributed by atoms with Gasteiger partial charge in [0.1, 0.15) is 5.82 Å². The molecule has 90 valence electrons. The fourth-order valence-corrected chi connectivity index (χ4v) is 2.73. The number of nitrogens with two attached hydrogens (primary N) is 1. The maximum atomic E-state index is 12.4. The van der Waals surface area contributed by atoms with Crippen LogP contribution in [-0.2, 0) is 6.54 Å². The van der Waals surface area contributed by atoms with Gasteiger partial charge in [0.15, 0.2) is 0 Å². The second kappa shape index (κ2) is 4.31. The Morgan fingerprint density at radius 2 is 2.00 bits per heavy atom. The highest BCUT2D eigenvalue weighted by molar-refractivity contribution is 7.09. The Labute approximate surface area is 108 Å². The zero-order valence-corrected chi connectivity index (χ0v) is 10.5. The molecule has 18 heavy (non-hydrogen) atoms. The van der Waals surface area contributed by atoms with Gasteiger partial charge in [-0.25, -0.2) is 0 Å². The summed E-state index contributed by atoms with van der Waals surface area (Å²) in [5.41, 5.74) is 5.94. The average molecular weight is 256 g/mol. The molecule has 3 nitrogen and oxygen atoms in total. The summed E-state index contributed by atoms with van der Waals surface area (Å²) in [5.74, 6) is 0.507. The first kappa shape index (κ1) is 11.0. The number of pyridine rings is 1. The SMILES string of the molecule is Nc1cc2ccccc2c(=O)n1Cc1cccs1. The number of hydrogen-bond donors (Lipinski definition) is 1. The van der Waals surface area contributed by atoms with Gasteiger partial charge in [-0.15, -0.1) is 11.3 Å². The number of rotatable bonds is 2. The first-order chi connectivity index (χ1) is 8.75. The van der Waals surface area contributed by atoms with Gasteiger partial charge in [0.05, 0.1) is 6.54 Å². The van der Waals surface area contributed by atoms with Gasteiger partial charge in [-0.3, -0.25) is 9.36 Å². The van der Waals surface area contributed by atoms with Crippen LogP contribution >= 0.6 is 11.3 Å². The number of anilines is 1. The van der Waals surface area contributed by atoms with Gasteiger partial charge < -0.3 is 5.73 Å². The summed E-state index contributed by atoms with van der Waals surface area (Å²) in [7, 11) is 0. The highest BCUT2D eigenvalue weighted by Gasteiger charge is 2.07. The Hall–Kier alpha value is -2.07. The van der Waals surface area contributed by atoms with Crippen LogP contribution in [0.4, 0.5) is 5.82 Å². The fourth-order valence-electron chi connectivity index (χ4n) is 2.04. The van der Waals surface area contributed by atoms with Crippen LogP contribution in [0.5, 0.6) is 0 Å². The number of fused-ring (bicyclic) bond motifs is 1. The van der Waals surface area contributed by atoms with Crippen LogP contribution < -0.4 is 11.3 Å². The van der Waals surface area contributed by atoms with Gasteiger partial charge in [-0.2, -0.15) is 0 Å². The highest BCUT2D eigenvalue weighted by Crippen LogP contribution is 2.16. The summed E-state index contributed by atoms with van der Waals surface area (Å²) >= 11 is 1.63. The number of thiophene rings is 1. The van der Waals surface area contributed by atoms with Gasteiger partial charge in [0.2, 0.25) is 0 Å². The molecule has 0 aliphatic rings. The highest BCUT2D eigenvalue weighted by atomic mass is 32.1. The number of nitrogens with zero attached hydrogens (tertiary/aromatic N) is 1. The topological polar surface area (TPSA) is 48.0 Å². The predicted molar refractivity (Wildman–Crippen MR) is 76.0 cm³/mol. The molecule has 0 radical (unpaired) electrons. The summed E-state index contributed by atoms with van der Waals surface area (Å²) in [6.07, 6.45) is 0. The molecule has 2 aromatic heterocycles. The van der Waals surface area contributed by atoms with E-state index in [1.807, 2.05) is 47.8 Å². The van der Waals surface area contributed by atoms with Gasteiger partial charge in [0, 0.05) is 10.3 Å². The molecule has 2 heterocycles. The van der Waals surface area contributed by atoms with E-state index < -0.39 is 0 Å². The van der Waals surface area contributed by atoms with Crippen LogP contribution in [0.3, 0.4) is 0 Å². The molecule has 0 aliphatic carbocycles. The molecule has 0 spiro atoms. The minimum Gasteiger partial charge on any atom is -0.385 e. The van der Waals surface area contributed by atoms with Crippen molar-refractivity contribution in [1.82, 2.24) is 4.57 Å². The van der Waals surface area contributed by atoms with E-state index in [1.54, 1.807) is 15.9 Å². The molecular weight excluding hydrogens is 244 g/mol. The number of nitrogen functional groups attached to an aromatic ring is 1. The van der Waals surface area contributed by atoms with Crippen molar-refractivity contribution in [2.24, 2.45) is 0 Å². The van der Waals surface area contributed by atoms with Gasteiger partial charge in [-0.05, 0) is 29.0 Å². The Morgan fingerprint density at radius 1 is 1.17 bits per heavy atom. The normalized spacial score (nSPS) is 10.9. The monoisotopic (exact) mass is 256 g/mol. The summed E-state index contributed by atoms with van der Waals surface area (Å²) < 4.78 is 1.62. The van der Waals surface area contributed by atoms with Crippen molar-refractivity contribution < 1.29 is 0 Å². The van der Waals surface area contributed by atoms with Crippen molar-refractivity contribution in [3.63, 3.8) is 0 Å². The van der Waals surface area contributed by atoms with Crippen LogP contribution in [0.1, 0.15) is 4.88 Å². The van der Waals surface area contributed by atoms with E-state index >= 15 is 0 Å². The van der Waals surface area contributed by atoms with Crippen molar-refractivity contribution in [3.8, 4) is 0 Å². The zero-order valence-electron chi connectivity index (χ0n) is 9.67. The molecule has 0 unspecified atom stereocenters. The third-order valence-corrected chi connectivity index (χ3v) is 3.81. The molecule has 0 saturated heterocycles. The molecule has 0 bridgehead atoms. The summed E-state index contributed by atoms with van der Waals surface area (Å²) in [5, 5.41) is 3.60. The minimum atomic E-state index is -0.0287. The van der Waals surface area contributed by atoms with E-state index in [0.717, 1.165) is 10.3 Å². The van der Waals surface area contributed by atoms with Crippen molar-refractivity contribution in [3.05, 3.63) is 63.1 Å². The number of aromatic nitrogens is 1. The average Bonchev–Trinajstić information content (AvgIpc) is 2.87. The second-order valence-corrected chi connectivity index (χ2v) is 5.16. The molecule has 0 aliphatic heterocycles. The van der Waals surface area contributed by atoms with Gasteiger partial charge in [0.25, 0.3) is 5.56 Å². The summed E-state index contributed by atoms with van der Waals surface area (Å²) in [4.78, 5) is 13.5. The first-order valence-corrected chi connectivity index (χ1v) is 6.54. The summed E-state index contributed by atoms with van der Waals surface area (Å²) in [6, 6.07) is 13.4. The lowest BCUT2D eigenvalue weighted by molar-refractivity contribution is 0.792. The van der Waals surface area contributed by atoms with E-state index in [0.29, 0.717) is 17.7 Å². The molecule has 3 rings (SSSR count). The number of benzene rings is 1. The molecule has 0 saturated carbocycles. The van der Waals surface area contributed by atoms with E-state index in [4.69, 9.17) is 5.73 Å². The molecule has 1 aromatic carbocycles. The van der Waals surface area contributed by atoms with E-state index in [2.05, 4.69) is 0 Å². The lowest BCUT2D eigenvalue weighted by Crippen LogP contribution is -2.23. The smallest absolute Gasteiger partial charge is 0.260 e. The van der Waals surface area contributed by atoms with Crippen LogP contribution in [0.15, 0.2) is 52.6 Å². The molecule has 0 amide bonds. The van der Waals surface area contributed by atoms with Crippen molar-refractivity contribution >= 4 is 27.9 Å². The van der Waals surface area contributed by atoms with Crippen molar-refractivity contribution in [2.45, 2.75) is 6.54 Å². The molecule has 0 fully saturated rings. The van der Waals surface area contributed by atoms with E-state index in [9.17, 15) is 4.79 Å². The first-order valence-electron chi connectivity index (χ1n) is 5.66. The maximum Gasteiger partial charge on any atom is 0.260 e. The van der Waals surface area contributed by atoms with E-state index in [1.165, 1.54) is 0 Å². The second-order valence-electron chi connectivity index (χ2n) is 4.13. The number of hydrogen-bond acceptors (Lipinski definition) is 3. The lowest BCUT2D eigenvalue weighted by Gasteiger charge is -2.10. The fraction of sp³-hybridized carbons (Fsp3) is 0.0714. The quantitative estimate of drug-likeness (QED) is 0.766. The van der Waals surface area contributed by atoms with Crippen molar-refractivity contribution in [2.75, 3.05) is 5.73 Å². The summed E-state index contributed by atoms with van der Waals surface area (Å²) in [6.45, 7) is 0.535. The van der Waals surface area contributed by atoms with Crippen LogP contribution in [0.2, 0.25) is 0 Å². The standard InChI is InChI=1S/C14H12N2OS/c15-13-8-10-4-1-2-6-12(10)14(17)16(13)9-11-5-3-7-18-11/h1-8H,9,15H2. The van der Waals surface area contributed by atoms with Crippen LogP contribution in [0, 0.1) is 0 Å². The third kappa shape index (κ3) is 1.80. The Balaban J connectivity index is 2.20. The van der Waals surface area contributed by atoms with Gasteiger partial charge in [-0.1, -0.05) is 24.3 Å². The Kier molecular flexibility index (Phi) is 2.64. The van der Waals surface area contributed by atoms with E-state index in [-0.39, 0.29) is 5.56 Å². The predicted octanol–water partition coefficient (Wildman–Crippen LogP) is 2.69. The molecular formula is C14H12N2OS. The molecule has 0 atom stereocenters. The van der Waals surface area contributed by atoms with Crippen LogP contribution in [0.25, 0.3) is 10.8 Å². The third-order valence-electron chi connectivity index (χ3n) is 2.95. The largest absolute Gasteiger partial charge is 0.385 e. The maximum absolute atomic E-state index is 12.4. The zero-order chi connectivity index (χ0) is 12.5.